The predicted octanol–water partition coefficient (Wildman–Crippen LogP) is 6.45. The predicted molar refractivity (Wildman–Crippen MR) is 146 cm³/mol. The van der Waals surface area contributed by atoms with Gasteiger partial charge in [-0.05, 0) is 81.1 Å². The lowest BCUT2D eigenvalue weighted by Crippen LogP contribution is -2.35. The summed E-state index contributed by atoms with van der Waals surface area (Å²) in [7, 11) is 0. The second-order valence-electron chi connectivity index (χ2n) is 10.7. The van der Waals surface area contributed by atoms with E-state index in [1.54, 1.807) is 0 Å². The Kier molecular flexibility index (Phi) is 10.2. The summed E-state index contributed by atoms with van der Waals surface area (Å²) in [4.78, 5) is 19.2. The molecule has 1 aliphatic carbocycles. The van der Waals surface area contributed by atoms with Gasteiger partial charge in [0.2, 0.25) is 0 Å². The van der Waals surface area contributed by atoms with Crippen molar-refractivity contribution in [3.05, 3.63) is 41.7 Å². The van der Waals surface area contributed by atoms with Gasteiger partial charge in [-0.15, -0.1) is 0 Å². The molecule has 1 fully saturated rings. The zero-order valence-electron chi connectivity index (χ0n) is 22.8. The van der Waals surface area contributed by atoms with Crippen LogP contribution in [0.25, 0.3) is 5.57 Å². The Labute approximate surface area is 221 Å². The highest BCUT2D eigenvalue weighted by molar-refractivity contribution is 5.82. The van der Waals surface area contributed by atoms with Crippen molar-refractivity contribution in [2.24, 2.45) is 11.8 Å². The SMILES string of the molecule is CCOCCCCC(=O)C1CC=C(c2ccc(OCC3CCN(c4nc(C(C)C)no4)CC3)cc2)CC1. The number of benzene rings is 1. The molecule has 1 aromatic carbocycles. The van der Waals surface area contributed by atoms with Crippen molar-refractivity contribution >= 4 is 17.4 Å². The third kappa shape index (κ3) is 7.91. The highest BCUT2D eigenvalue weighted by Crippen LogP contribution is 2.32. The molecular weight excluding hydrogens is 466 g/mol. The molecule has 2 heterocycles. The first-order valence-corrected chi connectivity index (χ1v) is 14.1. The summed E-state index contributed by atoms with van der Waals surface area (Å²) in [6.07, 6.45) is 9.74. The van der Waals surface area contributed by atoms with Crippen LogP contribution in [0.2, 0.25) is 0 Å². The quantitative estimate of drug-likeness (QED) is 0.287. The van der Waals surface area contributed by atoms with Crippen LogP contribution in [-0.2, 0) is 9.53 Å². The summed E-state index contributed by atoms with van der Waals surface area (Å²) in [6.45, 7) is 10.2. The molecule has 37 heavy (non-hydrogen) atoms. The number of hydrogen-bond donors (Lipinski definition) is 0. The van der Waals surface area contributed by atoms with Crippen molar-refractivity contribution in [2.45, 2.75) is 78.1 Å². The Morgan fingerprint density at radius 1 is 1.14 bits per heavy atom. The molecule has 0 bridgehead atoms. The molecule has 1 aromatic heterocycles. The molecule has 4 rings (SSSR count). The number of piperidine rings is 1. The molecule has 0 radical (unpaired) electrons. The molecule has 0 amide bonds. The minimum absolute atomic E-state index is 0.182. The van der Waals surface area contributed by atoms with Crippen LogP contribution in [-0.4, -0.2) is 48.8 Å². The molecular formula is C30H43N3O4. The van der Waals surface area contributed by atoms with Crippen molar-refractivity contribution in [3.8, 4) is 5.75 Å². The van der Waals surface area contributed by atoms with Crippen LogP contribution in [0.3, 0.4) is 0 Å². The van der Waals surface area contributed by atoms with E-state index in [9.17, 15) is 4.79 Å². The average Bonchev–Trinajstić information content (AvgIpc) is 3.43. The van der Waals surface area contributed by atoms with Crippen LogP contribution >= 0.6 is 0 Å². The van der Waals surface area contributed by atoms with Gasteiger partial charge < -0.3 is 18.9 Å². The molecule has 202 valence electrons. The van der Waals surface area contributed by atoms with Crippen molar-refractivity contribution in [1.82, 2.24) is 10.1 Å². The van der Waals surface area contributed by atoms with Gasteiger partial charge in [-0.1, -0.05) is 37.2 Å². The van der Waals surface area contributed by atoms with Gasteiger partial charge in [-0.2, -0.15) is 4.98 Å². The molecule has 7 heteroatoms. The average molecular weight is 510 g/mol. The molecule has 2 aliphatic rings. The van der Waals surface area contributed by atoms with Gasteiger partial charge >= 0.3 is 6.01 Å². The monoisotopic (exact) mass is 509 g/mol. The number of rotatable bonds is 13. The number of hydrogen-bond acceptors (Lipinski definition) is 7. The minimum atomic E-state index is 0.182. The van der Waals surface area contributed by atoms with Crippen LogP contribution < -0.4 is 9.64 Å². The number of Topliss-reactive ketones (excluding diaryl/α,β-unsaturated/α-hetero) is 1. The molecule has 1 aliphatic heterocycles. The number of allylic oxidation sites excluding steroid dienone is 2. The maximum absolute atomic E-state index is 12.5. The summed E-state index contributed by atoms with van der Waals surface area (Å²) in [6, 6.07) is 9.10. The Bertz CT molecular complexity index is 1010. The topological polar surface area (TPSA) is 77.7 Å². The van der Waals surface area contributed by atoms with E-state index in [1.807, 2.05) is 6.92 Å². The molecule has 1 unspecified atom stereocenters. The van der Waals surface area contributed by atoms with E-state index >= 15 is 0 Å². The normalized spacial score (nSPS) is 18.8. The first-order chi connectivity index (χ1) is 18.0. The second-order valence-corrected chi connectivity index (χ2v) is 10.7. The highest BCUT2D eigenvalue weighted by atomic mass is 16.5. The van der Waals surface area contributed by atoms with Crippen LogP contribution in [0.4, 0.5) is 6.01 Å². The number of aromatic nitrogens is 2. The first-order valence-electron chi connectivity index (χ1n) is 14.1. The smallest absolute Gasteiger partial charge is 0.324 e. The largest absolute Gasteiger partial charge is 0.493 e. The number of ether oxygens (including phenoxy) is 2. The highest BCUT2D eigenvalue weighted by Gasteiger charge is 2.24. The van der Waals surface area contributed by atoms with E-state index in [2.05, 4.69) is 59.2 Å². The Morgan fingerprint density at radius 2 is 1.92 bits per heavy atom. The van der Waals surface area contributed by atoms with E-state index < -0.39 is 0 Å². The zero-order chi connectivity index (χ0) is 26.0. The Morgan fingerprint density at radius 3 is 2.57 bits per heavy atom. The fourth-order valence-electron chi connectivity index (χ4n) is 5.10. The number of anilines is 1. The van der Waals surface area contributed by atoms with Crippen molar-refractivity contribution in [3.63, 3.8) is 0 Å². The van der Waals surface area contributed by atoms with Crippen molar-refractivity contribution in [1.29, 1.82) is 0 Å². The van der Waals surface area contributed by atoms with Gasteiger partial charge in [-0.3, -0.25) is 4.79 Å². The molecule has 0 spiro atoms. The molecule has 7 nitrogen and oxygen atoms in total. The van der Waals surface area contributed by atoms with Gasteiger partial charge in [0.1, 0.15) is 11.5 Å². The summed E-state index contributed by atoms with van der Waals surface area (Å²) >= 11 is 0. The van der Waals surface area contributed by atoms with E-state index in [-0.39, 0.29) is 11.8 Å². The molecule has 1 atom stereocenters. The summed E-state index contributed by atoms with van der Waals surface area (Å²) in [5, 5.41) is 4.08. The fraction of sp³-hybridized carbons (Fsp3) is 0.633. The second kappa shape index (κ2) is 13.8. The van der Waals surface area contributed by atoms with Gasteiger partial charge in [0.25, 0.3) is 0 Å². The lowest BCUT2D eigenvalue weighted by Gasteiger charge is -2.30. The number of ketones is 1. The number of carbonyl (C=O) groups is 1. The molecule has 0 saturated carbocycles. The number of carbonyl (C=O) groups excluding carboxylic acids is 1. The van der Waals surface area contributed by atoms with Gasteiger partial charge in [0.15, 0.2) is 5.82 Å². The van der Waals surface area contributed by atoms with Crippen molar-refractivity contribution in [2.75, 3.05) is 37.8 Å². The van der Waals surface area contributed by atoms with Gasteiger partial charge in [0, 0.05) is 44.6 Å². The Balaban J connectivity index is 1.17. The standard InChI is InChI=1S/C30H43N3O4/c1-4-35-20-6-5-7-28(34)26-10-8-24(9-11-26)25-12-14-27(15-13-25)36-21-23-16-18-33(19-17-23)30-31-29(22(2)3)32-37-30/h8,12-15,22-23,26H,4-7,9-11,16-21H2,1-3H3. The number of unbranched alkanes of at least 4 members (excludes halogenated alkanes) is 1. The summed E-state index contributed by atoms with van der Waals surface area (Å²) < 4.78 is 16.9. The maximum Gasteiger partial charge on any atom is 0.324 e. The molecule has 1 saturated heterocycles. The third-order valence-corrected chi connectivity index (χ3v) is 7.58. The minimum Gasteiger partial charge on any atom is -0.493 e. The van der Waals surface area contributed by atoms with E-state index in [0.717, 1.165) is 89.4 Å². The first kappa shape index (κ1) is 27.4. The van der Waals surface area contributed by atoms with Crippen LogP contribution in [0, 0.1) is 11.8 Å². The lowest BCUT2D eigenvalue weighted by atomic mass is 9.83. The van der Waals surface area contributed by atoms with Crippen molar-refractivity contribution < 1.29 is 18.8 Å². The Hall–Kier alpha value is -2.67. The van der Waals surface area contributed by atoms with Crippen LogP contribution in [0.15, 0.2) is 34.9 Å². The zero-order valence-corrected chi connectivity index (χ0v) is 22.8. The lowest BCUT2D eigenvalue weighted by molar-refractivity contribution is -0.123. The molecule has 2 aromatic rings. The van der Waals surface area contributed by atoms with E-state index in [4.69, 9.17) is 14.0 Å². The van der Waals surface area contributed by atoms with Gasteiger partial charge in [-0.25, -0.2) is 0 Å². The summed E-state index contributed by atoms with van der Waals surface area (Å²) in [5.74, 6) is 3.09. The van der Waals surface area contributed by atoms with E-state index in [1.165, 1.54) is 11.1 Å². The van der Waals surface area contributed by atoms with Crippen LogP contribution in [0.5, 0.6) is 5.75 Å². The summed E-state index contributed by atoms with van der Waals surface area (Å²) in [5.41, 5.74) is 2.59. The van der Waals surface area contributed by atoms with Gasteiger partial charge in [0.05, 0.1) is 6.61 Å². The molecule has 0 N–H and O–H groups in total. The number of nitrogens with zero attached hydrogens (tertiary/aromatic N) is 3. The fourth-order valence-corrected chi connectivity index (χ4v) is 5.10. The maximum atomic E-state index is 12.5. The van der Waals surface area contributed by atoms with Crippen LogP contribution in [0.1, 0.15) is 89.4 Å². The van der Waals surface area contributed by atoms with E-state index in [0.29, 0.717) is 24.1 Å². The third-order valence-electron chi connectivity index (χ3n) is 7.58.